The number of rotatable bonds is 11. The van der Waals surface area contributed by atoms with Crippen molar-refractivity contribution in [2.45, 2.75) is 77.6 Å². The molecule has 1 aliphatic heterocycles. The lowest BCUT2D eigenvalue weighted by Gasteiger charge is -2.39. The molecule has 5 atom stereocenters. The third-order valence-corrected chi connectivity index (χ3v) is 6.16. The van der Waals surface area contributed by atoms with Crippen LogP contribution in [0.25, 0.3) is 0 Å². The summed E-state index contributed by atoms with van der Waals surface area (Å²) in [6.07, 6.45) is 2.13. The van der Waals surface area contributed by atoms with E-state index in [1.807, 2.05) is 39.6 Å². The number of hydrogen-bond donors (Lipinski definition) is 2. The van der Waals surface area contributed by atoms with Crippen molar-refractivity contribution >= 4 is 17.7 Å². The summed E-state index contributed by atoms with van der Waals surface area (Å²) in [7, 11) is 5.18. The minimum absolute atomic E-state index is 0.0364. The number of methoxy groups -OCH3 is 1. The molecule has 29 heavy (non-hydrogen) atoms. The van der Waals surface area contributed by atoms with Gasteiger partial charge in [-0.15, -0.1) is 0 Å². The first-order valence-electron chi connectivity index (χ1n) is 10.6. The monoisotopic (exact) mass is 412 g/mol. The molecule has 1 rings (SSSR count). The van der Waals surface area contributed by atoms with Crippen LogP contribution in [0.15, 0.2) is 0 Å². The van der Waals surface area contributed by atoms with Crippen molar-refractivity contribution in [1.29, 1.82) is 0 Å². The van der Waals surface area contributed by atoms with Gasteiger partial charge in [0.25, 0.3) is 0 Å². The topological polar surface area (TPSA) is 105 Å². The van der Waals surface area contributed by atoms with Gasteiger partial charge in [0.1, 0.15) is 6.04 Å². The number of hydrogen-bond acceptors (Lipinski definition) is 5. The van der Waals surface area contributed by atoms with E-state index in [1.165, 1.54) is 7.11 Å². The van der Waals surface area contributed by atoms with Gasteiger partial charge in [-0.2, -0.15) is 0 Å². The van der Waals surface area contributed by atoms with Crippen LogP contribution in [0.5, 0.6) is 0 Å². The zero-order chi connectivity index (χ0) is 22.3. The maximum atomic E-state index is 13.4. The highest BCUT2D eigenvalue weighted by Gasteiger charge is 2.38. The first-order chi connectivity index (χ1) is 13.5. The maximum absolute atomic E-state index is 13.4. The molecule has 0 spiro atoms. The standard InChI is InChI=1S/C21H40N4O4/c1-8-14(4)19(16(29-7)12-17(22)26)25(6)21(28)18(13(2)3)23-20(27)15-10-9-11-24(15)5/h13-16,18-19H,8-12H2,1-7H3,(H2,22,26)(H,23,27)/t14-,15-,16+,18-,19-/m0/s1. The number of nitrogens with two attached hydrogens (primary N) is 1. The number of nitrogens with one attached hydrogen (secondary N) is 1. The van der Waals surface area contributed by atoms with Crippen LogP contribution < -0.4 is 11.1 Å². The van der Waals surface area contributed by atoms with E-state index in [0.717, 1.165) is 25.8 Å². The molecule has 168 valence electrons. The molecular formula is C21H40N4O4. The molecule has 0 saturated carbocycles. The lowest BCUT2D eigenvalue weighted by atomic mass is 9.90. The average Bonchev–Trinajstić information content (AvgIpc) is 3.09. The Bertz CT molecular complexity index is 569. The Kier molecular flexibility index (Phi) is 10.1. The summed E-state index contributed by atoms with van der Waals surface area (Å²) in [6.45, 7) is 8.79. The van der Waals surface area contributed by atoms with Crippen molar-refractivity contribution in [3.05, 3.63) is 0 Å². The van der Waals surface area contributed by atoms with Crippen molar-refractivity contribution < 1.29 is 19.1 Å². The number of likely N-dealkylation sites (N-methyl/N-ethyl adjacent to an activating group) is 2. The molecule has 1 fully saturated rings. The normalized spacial score (nSPS) is 21.4. The molecule has 8 heteroatoms. The van der Waals surface area contributed by atoms with Crippen molar-refractivity contribution in [3.63, 3.8) is 0 Å². The largest absolute Gasteiger partial charge is 0.379 e. The lowest BCUT2D eigenvalue weighted by molar-refractivity contribution is -0.144. The minimum Gasteiger partial charge on any atom is -0.379 e. The van der Waals surface area contributed by atoms with E-state index in [4.69, 9.17) is 10.5 Å². The third-order valence-electron chi connectivity index (χ3n) is 6.16. The molecule has 0 unspecified atom stereocenters. The Morgan fingerprint density at radius 1 is 1.28 bits per heavy atom. The smallest absolute Gasteiger partial charge is 0.245 e. The van der Waals surface area contributed by atoms with Gasteiger partial charge in [-0.05, 0) is 38.3 Å². The predicted molar refractivity (Wildman–Crippen MR) is 113 cm³/mol. The number of amides is 3. The molecule has 0 aromatic heterocycles. The van der Waals surface area contributed by atoms with Crippen LogP contribution in [-0.2, 0) is 19.1 Å². The van der Waals surface area contributed by atoms with Crippen LogP contribution in [0.4, 0.5) is 0 Å². The molecule has 0 aromatic carbocycles. The highest BCUT2D eigenvalue weighted by atomic mass is 16.5. The van der Waals surface area contributed by atoms with E-state index in [0.29, 0.717) is 0 Å². The number of likely N-dealkylation sites (tertiary alicyclic amines) is 1. The quantitative estimate of drug-likeness (QED) is 0.526. The molecule has 0 aliphatic carbocycles. The minimum atomic E-state index is -0.640. The second-order valence-corrected chi connectivity index (χ2v) is 8.64. The molecular weight excluding hydrogens is 372 g/mol. The first-order valence-corrected chi connectivity index (χ1v) is 10.6. The van der Waals surface area contributed by atoms with E-state index in [1.54, 1.807) is 11.9 Å². The molecule has 3 amide bonds. The summed E-state index contributed by atoms with van der Waals surface area (Å²) in [6, 6.07) is -1.15. The average molecular weight is 413 g/mol. The first kappa shape index (κ1) is 25.4. The Balaban J connectivity index is 3.04. The SMILES string of the molecule is CC[C@H](C)[C@@H]([C@@H](CC(N)=O)OC)N(C)C(=O)[C@@H](NC(=O)[C@@H]1CCCN1C)C(C)C. The number of primary amides is 1. The number of carbonyl (C=O) groups is 3. The van der Waals surface area contributed by atoms with Crippen molar-refractivity contribution in [3.8, 4) is 0 Å². The van der Waals surface area contributed by atoms with Gasteiger partial charge in [-0.1, -0.05) is 34.1 Å². The third kappa shape index (κ3) is 6.67. The highest BCUT2D eigenvalue weighted by Crippen LogP contribution is 2.23. The van der Waals surface area contributed by atoms with Gasteiger partial charge in [0.15, 0.2) is 0 Å². The van der Waals surface area contributed by atoms with Crippen molar-refractivity contribution in [1.82, 2.24) is 15.1 Å². The van der Waals surface area contributed by atoms with Crippen LogP contribution in [0, 0.1) is 11.8 Å². The molecule has 1 saturated heterocycles. The summed E-state index contributed by atoms with van der Waals surface area (Å²) >= 11 is 0. The summed E-state index contributed by atoms with van der Waals surface area (Å²) in [5, 5.41) is 2.97. The molecule has 0 aromatic rings. The van der Waals surface area contributed by atoms with Gasteiger partial charge >= 0.3 is 0 Å². The van der Waals surface area contributed by atoms with Crippen LogP contribution in [-0.4, -0.2) is 79.5 Å². The zero-order valence-corrected chi connectivity index (χ0v) is 19.1. The second kappa shape index (κ2) is 11.5. The maximum Gasteiger partial charge on any atom is 0.245 e. The lowest BCUT2D eigenvalue weighted by Crippen LogP contribution is -2.58. The fraction of sp³-hybridized carbons (Fsp3) is 0.857. The molecule has 0 bridgehead atoms. The van der Waals surface area contributed by atoms with Gasteiger partial charge in [0.2, 0.25) is 17.7 Å². The predicted octanol–water partition coefficient (Wildman–Crippen LogP) is 0.985. The van der Waals surface area contributed by atoms with Gasteiger partial charge in [0.05, 0.1) is 24.6 Å². The second-order valence-electron chi connectivity index (χ2n) is 8.64. The van der Waals surface area contributed by atoms with Gasteiger partial charge in [0, 0.05) is 14.2 Å². The Morgan fingerprint density at radius 2 is 1.90 bits per heavy atom. The van der Waals surface area contributed by atoms with E-state index in [9.17, 15) is 14.4 Å². The summed E-state index contributed by atoms with van der Waals surface area (Å²) in [4.78, 5) is 41.4. The number of carbonyl (C=O) groups excluding carboxylic acids is 3. The Labute approximate surface area is 175 Å². The molecule has 3 N–H and O–H groups in total. The van der Waals surface area contributed by atoms with Gasteiger partial charge in [-0.25, -0.2) is 0 Å². The van der Waals surface area contributed by atoms with Crippen LogP contribution in [0.1, 0.15) is 53.4 Å². The van der Waals surface area contributed by atoms with Crippen molar-refractivity contribution in [2.75, 3.05) is 27.7 Å². The fourth-order valence-electron chi connectivity index (χ4n) is 4.15. The number of ether oxygens (including phenoxy) is 1. The Morgan fingerprint density at radius 3 is 2.31 bits per heavy atom. The van der Waals surface area contributed by atoms with Gasteiger partial charge in [-0.3, -0.25) is 19.3 Å². The van der Waals surface area contributed by atoms with Crippen LogP contribution >= 0.6 is 0 Å². The van der Waals surface area contributed by atoms with Crippen LogP contribution in [0.3, 0.4) is 0 Å². The number of nitrogens with zero attached hydrogens (tertiary/aromatic N) is 2. The summed E-state index contributed by atoms with van der Waals surface area (Å²) in [5.41, 5.74) is 5.40. The molecule has 1 aliphatic rings. The van der Waals surface area contributed by atoms with Crippen molar-refractivity contribution in [2.24, 2.45) is 17.6 Å². The summed E-state index contributed by atoms with van der Waals surface area (Å²) < 4.78 is 5.55. The molecule has 1 heterocycles. The van der Waals surface area contributed by atoms with E-state index in [-0.39, 0.29) is 42.2 Å². The zero-order valence-electron chi connectivity index (χ0n) is 19.1. The highest BCUT2D eigenvalue weighted by molar-refractivity contribution is 5.90. The molecule has 8 nitrogen and oxygen atoms in total. The van der Waals surface area contributed by atoms with E-state index in [2.05, 4.69) is 5.32 Å². The fourth-order valence-corrected chi connectivity index (χ4v) is 4.15. The Hall–Kier alpha value is -1.67. The van der Waals surface area contributed by atoms with E-state index < -0.39 is 18.1 Å². The van der Waals surface area contributed by atoms with E-state index >= 15 is 0 Å². The van der Waals surface area contributed by atoms with Gasteiger partial charge < -0.3 is 20.7 Å². The summed E-state index contributed by atoms with van der Waals surface area (Å²) in [5.74, 6) is -0.728. The van der Waals surface area contributed by atoms with Crippen LogP contribution in [0.2, 0.25) is 0 Å². The molecule has 0 radical (unpaired) electrons.